The first-order valence-corrected chi connectivity index (χ1v) is 15.1. The van der Waals surface area contributed by atoms with E-state index in [1.807, 2.05) is 69.8 Å². The molecule has 0 aliphatic carbocycles. The largest absolute Gasteiger partial charge is 0.465 e. The van der Waals surface area contributed by atoms with Gasteiger partial charge in [-0.1, -0.05) is 77.1 Å². The average Bonchev–Trinajstić information content (AvgIpc) is 3.59. The lowest BCUT2D eigenvalue weighted by Crippen LogP contribution is -2.19. The monoisotopic (exact) mass is 624 g/mol. The Morgan fingerprint density at radius 2 is 1.57 bits per heavy atom. The Morgan fingerprint density at radius 1 is 0.870 bits per heavy atom. The van der Waals surface area contributed by atoms with Gasteiger partial charge < -0.3 is 9.30 Å². The number of ether oxygens (including phenoxy) is 1. The molecule has 0 saturated carbocycles. The smallest absolute Gasteiger partial charge is 0.416 e. The molecule has 0 bridgehead atoms. The van der Waals surface area contributed by atoms with Crippen LogP contribution in [0.1, 0.15) is 67.6 Å². The topological polar surface area (TPSA) is 61.9 Å². The van der Waals surface area contributed by atoms with Crippen LogP contribution in [0.15, 0.2) is 79.1 Å². The summed E-state index contributed by atoms with van der Waals surface area (Å²) in [6.45, 7) is 9.75. The molecule has 0 N–H and O–H groups in total. The summed E-state index contributed by atoms with van der Waals surface area (Å²) in [5.74, 6) is -0.348. The fourth-order valence-electron chi connectivity index (χ4n) is 6.31. The van der Waals surface area contributed by atoms with Gasteiger partial charge in [0.25, 0.3) is 0 Å². The lowest BCUT2D eigenvalue weighted by molar-refractivity contribution is -0.138. The number of rotatable bonds is 5. The van der Waals surface area contributed by atoms with Crippen LogP contribution in [0.4, 0.5) is 13.2 Å². The lowest BCUT2D eigenvalue weighted by Gasteiger charge is -2.27. The fraction of sp³-hybridized carbons (Fsp3) is 0.270. The van der Waals surface area contributed by atoms with E-state index in [0.29, 0.717) is 44.7 Å². The van der Waals surface area contributed by atoms with Gasteiger partial charge in [-0.25, -0.2) is 14.8 Å². The molecule has 6 nitrogen and oxygen atoms in total. The first-order valence-electron chi connectivity index (χ1n) is 15.1. The van der Waals surface area contributed by atoms with E-state index in [0.717, 1.165) is 22.8 Å². The van der Waals surface area contributed by atoms with Crippen LogP contribution in [0.3, 0.4) is 0 Å². The zero-order valence-corrected chi connectivity index (χ0v) is 26.8. The Balaban J connectivity index is 1.64. The molecule has 0 spiro atoms. The second-order valence-corrected chi connectivity index (χ2v) is 12.9. The number of aromatic nitrogens is 4. The Morgan fingerprint density at radius 3 is 2.20 bits per heavy atom. The lowest BCUT2D eigenvalue weighted by atomic mass is 9.82. The molecule has 2 aromatic heterocycles. The molecule has 0 saturated heterocycles. The summed E-state index contributed by atoms with van der Waals surface area (Å²) < 4.78 is 51.1. The molecule has 236 valence electrons. The molecule has 0 radical (unpaired) electrons. The van der Waals surface area contributed by atoms with E-state index in [1.54, 1.807) is 27.2 Å². The van der Waals surface area contributed by atoms with Crippen LogP contribution >= 0.6 is 0 Å². The maximum absolute atomic E-state index is 14.0. The summed E-state index contributed by atoms with van der Waals surface area (Å²) in [6, 6.07) is 21.9. The number of nitrogens with zero attached hydrogens (tertiary/aromatic N) is 4. The van der Waals surface area contributed by atoms with Gasteiger partial charge in [0.2, 0.25) is 0 Å². The number of imidazole rings is 2. The number of fused-ring (bicyclic) bond motifs is 2. The maximum atomic E-state index is 14.0. The SMILES string of the molecule is COC(=O)c1c(-c2ccccc2)ccc(C(C)(C)C)c1-n1cnc2ccc(-c3nc4c(C(C)C)c(C(F)(F)F)ccc4n3C)cc21. The molecule has 46 heavy (non-hydrogen) atoms. The van der Waals surface area contributed by atoms with Crippen LogP contribution in [0.25, 0.3) is 50.3 Å². The van der Waals surface area contributed by atoms with Gasteiger partial charge in [-0.05, 0) is 63.9 Å². The van der Waals surface area contributed by atoms with Crippen LogP contribution in [-0.4, -0.2) is 32.2 Å². The minimum Gasteiger partial charge on any atom is -0.465 e. The first kappa shape index (κ1) is 31.1. The van der Waals surface area contributed by atoms with E-state index < -0.39 is 23.6 Å². The molecular formula is C37H35F3N4O2. The number of hydrogen-bond acceptors (Lipinski definition) is 4. The summed E-state index contributed by atoms with van der Waals surface area (Å²) in [5, 5.41) is 0. The van der Waals surface area contributed by atoms with Gasteiger partial charge in [0.1, 0.15) is 12.2 Å². The summed E-state index contributed by atoms with van der Waals surface area (Å²) >= 11 is 0. The minimum atomic E-state index is -4.49. The quantitative estimate of drug-likeness (QED) is 0.179. The number of benzene rings is 4. The van der Waals surface area contributed by atoms with E-state index in [2.05, 4.69) is 25.8 Å². The molecule has 0 unspecified atom stereocenters. The van der Waals surface area contributed by atoms with Crippen LogP contribution < -0.4 is 0 Å². The van der Waals surface area contributed by atoms with Crippen molar-refractivity contribution >= 4 is 28.0 Å². The van der Waals surface area contributed by atoms with Crippen molar-refractivity contribution in [1.29, 1.82) is 0 Å². The summed E-state index contributed by atoms with van der Waals surface area (Å²) in [6.07, 6.45) is -2.80. The second kappa shape index (κ2) is 11.2. The Hall–Kier alpha value is -4.92. The zero-order valence-electron chi connectivity index (χ0n) is 26.8. The highest BCUT2D eigenvalue weighted by molar-refractivity contribution is 6.02. The van der Waals surface area contributed by atoms with Crippen LogP contribution in [0.2, 0.25) is 0 Å². The highest BCUT2D eigenvalue weighted by Crippen LogP contribution is 2.41. The van der Waals surface area contributed by atoms with Crippen LogP contribution in [-0.2, 0) is 23.4 Å². The molecule has 0 aliphatic heterocycles. The summed E-state index contributed by atoms with van der Waals surface area (Å²) in [5.41, 5.74) is 5.77. The van der Waals surface area contributed by atoms with E-state index >= 15 is 0 Å². The number of alkyl halides is 3. The zero-order chi connectivity index (χ0) is 33.1. The standard InChI is InChI=1S/C37H35F3N4O2/c1-21(2)30-25(37(38,39)40)16-18-28-32(30)42-34(43(28)6)23-13-17-27-29(19-23)44(20-41-27)33-26(36(3,4)5)15-14-24(31(33)35(45)46-7)22-11-9-8-10-12-22/h8-21H,1-7H3. The molecule has 0 amide bonds. The predicted molar refractivity (Wildman–Crippen MR) is 175 cm³/mol. The van der Waals surface area contributed by atoms with Gasteiger partial charge >= 0.3 is 12.1 Å². The molecule has 0 atom stereocenters. The molecule has 4 aromatic carbocycles. The molecule has 6 rings (SSSR count). The van der Waals surface area contributed by atoms with Gasteiger partial charge in [0.05, 0.1) is 46.0 Å². The highest BCUT2D eigenvalue weighted by atomic mass is 19.4. The third-order valence-corrected chi connectivity index (χ3v) is 8.48. The van der Waals surface area contributed by atoms with Crippen molar-refractivity contribution in [2.24, 2.45) is 7.05 Å². The summed E-state index contributed by atoms with van der Waals surface area (Å²) in [7, 11) is 3.18. The Labute approximate surface area is 265 Å². The highest BCUT2D eigenvalue weighted by Gasteiger charge is 2.36. The van der Waals surface area contributed by atoms with E-state index in [4.69, 9.17) is 9.72 Å². The van der Waals surface area contributed by atoms with E-state index in [-0.39, 0.29) is 11.0 Å². The Kier molecular flexibility index (Phi) is 7.54. The molecular weight excluding hydrogens is 589 g/mol. The number of aryl methyl sites for hydroxylation is 1. The number of methoxy groups -OCH3 is 1. The van der Waals surface area contributed by atoms with Crippen molar-refractivity contribution in [2.75, 3.05) is 7.11 Å². The molecule has 6 aromatic rings. The third kappa shape index (κ3) is 5.13. The van der Waals surface area contributed by atoms with Crippen molar-refractivity contribution in [2.45, 2.75) is 52.1 Å². The second-order valence-electron chi connectivity index (χ2n) is 12.9. The fourth-order valence-corrected chi connectivity index (χ4v) is 6.31. The van der Waals surface area contributed by atoms with Gasteiger partial charge in [-0.2, -0.15) is 13.2 Å². The van der Waals surface area contributed by atoms with E-state index in [1.165, 1.54) is 13.2 Å². The molecule has 2 heterocycles. The maximum Gasteiger partial charge on any atom is 0.416 e. The van der Waals surface area contributed by atoms with Crippen molar-refractivity contribution < 1.29 is 22.7 Å². The van der Waals surface area contributed by atoms with Crippen molar-refractivity contribution in [3.63, 3.8) is 0 Å². The number of carbonyl (C=O) groups excluding carboxylic acids is 1. The first-order chi connectivity index (χ1) is 21.7. The predicted octanol–water partition coefficient (Wildman–Crippen LogP) is 9.47. The van der Waals surface area contributed by atoms with Gasteiger partial charge in [0, 0.05) is 12.6 Å². The number of esters is 1. The molecule has 0 aliphatic rings. The average molecular weight is 625 g/mol. The van der Waals surface area contributed by atoms with Crippen LogP contribution in [0, 0.1) is 0 Å². The number of carbonyl (C=O) groups is 1. The van der Waals surface area contributed by atoms with Crippen molar-refractivity contribution in [1.82, 2.24) is 19.1 Å². The normalized spacial score (nSPS) is 12.4. The number of halogens is 3. The van der Waals surface area contributed by atoms with E-state index in [9.17, 15) is 18.0 Å². The van der Waals surface area contributed by atoms with Gasteiger partial charge in [-0.15, -0.1) is 0 Å². The molecule has 9 heteroatoms. The number of hydrogen-bond donors (Lipinski definition) is 0. The summed E-state index contributed by atoms with van der Waals surface area (Å²) in [4.78, 5) is 23.1. The van der Waals surface area contributed by atoms with Crippen molar-refractivity contribution in [3.8, 4) is 28.2 Å². The molecule has 0 fully saturated rings. The van der Waals surface area contributed by atoms with Gasteiger partial charge in [0.15, 0.2) is 0 Å². The Bertz CT molecular complexity index is 2120. The van der Waals surface area contributed by atoms with Gasteiger partial charge in [-0.3, -0.25) is 4.57 Å². The van der Waals surface area contributed by atoms with Crippen molar-refractivity contribution in [3.05, 3.63) is 101 Å². The van der Waals surface area contributed by atoms with Crippen LogP contribution in [0.5, 0.6) is 0 Å². The third-order valence-electron chi connectivity index (χ3n) is 8.48. The minimum absolute atomic E-state index is 0.174.